The molecule has 2 heterocycles. The Bertz CT molecular complexity index is 1010. The van der Waals surface area contributed by atoms with Gasteiger partial charge in [0.2, 0.25) is 0 Å². The number of carbonyl (C=O) groups is 2. The number of carbonyl (C=O) groups excluding carboxylic acids is 2. The standard InChI is InChI=1S/C22H20ClN3O2S/c23-17-8-4-7-16(13-17)21-25-19(14-29-21)22(28)26-11-9-18(10-12-26)24-20(27)15-5-2-1-3-6-15/h1-8,13-14,18H,9-12H2,(H,24,27). The summed E-state index contributed by atoms with van der Waals surface area (Å²) in [5.74, 6) is -0.136. The van der Waals surface area contributed by atoms with Crippen LogP contribution in [-0.4, -0.2) is 40.8 Å². The lowest BCUT2D eigenvalue weighted by Crippen LogP contribution is -2.46. The third-order valence-corrected chi connectivity index (χ3v) is 6.07. The van der Waals surface area contributed by atoms with Gasteiger partial charge in [0.1, 0.15) is 10.7 Å². The molecule has 3 aromatic rings. The Morgan fingerprint density at radius 3 is 2.55 bits per heavy atom. The Balaban J connectivity index is 1.34. The number of hydrogen-bond donors (Lipinski definition) is 1. The van der Waals surface area contributed by atoms with Crippen LogP contribution in [0.3, 0.4) is 0 Å². The molecule has 1 aliphatic rings. The molecule has 0 aliphatic carbocycles. The van der Waals surface area contributed by atoms with Gasteiger partial charge in [-0.05, 0) is 37.1 Å². The molecule has 4 rings (SSSR count). The predicted molar refractivity (Wildman–Crippen MR) is 115 cm³/mol. The summed E-state index contributed by atoms with van der Waals surface area (Å²) in [7, 11) is 0. The smallest absolute Gasteiger partial charge is 0.273 e. The number of rotatable bonds is 4. The monoisotopic (exact) mass is 425 g/mol. The highest BCUT2D eigenvalue weighted by atomic mass is 35.5. The number of thiazole rings is 1. The fourth-order valence-corrected chi connectivity index (χ4v) is 4.35. The van der Waals surface area contributed by atoms with Gasteiger partial charge in [-0.2, -0.15) is 0 Å². The van der Waals surface area contributed by atoms with Crippen LogP contribution in [0.25, 0.3) is 10.6 Å². The minimum absolute atomic E-state index is 0.0673. The van der Waals surface area contributed by atoms with Crippen molar-refractivity contribution in [3.63, 3.8) is 0 Å². The first-order valence-electron chi connectivity index (χ1n) is 9.47. The highest BCUT2D eigenvalue weighted by Crippen LogP contribution is 2.27. The highest BCUT2D eigenvalue weighted by molar-refractivity contribution is 7.13. The average molecular weight is 426 g/mol. The number of amides is 2. The van der Waals surface area contributed by atoms with E-state index >= 15 is 0 Å². The Morgan fingerprint density at radius 2 is 1.83 bits per heavy atom. The fraction of sp³-hybridized carbons (Fsp3) is 0.227. The molecule has 0 atom stereocenters. The molecule has 1 saturated heterocycles. The summed E-state index contributed by atoms with van der Waals surface area (Å²) < 4.78 is 0. The molecular weight excluding hydrogens is 406 g/mol. The van der Waals surface area contributed by atoms with Gasteiger partial charge < -0.3 is 10.2 Å². The quantitative estimate of drug-likeness (QED) is 0.669. The van der Waals surface area contributed by atoms with Crippen LogP contribution >= 0.6 is 22.9 Å². The minimum atomic E-state index is -0.0685. The molecule has 5 nitrogen and oxygen atoms in total. The van der Waals surface area contributed by atoms with E-state index in [0.717, 1.165) is 23.4 Å². The first kappa shape index (κ1) is 19.6. The second-order valence-corrected chi connectivity index (χ2v) is 8.25. The molecule has 1 N–H and O–H groups in total. The van der Waals surface area contributed by atoms with Gasteiger partial charge in [0.25, 0.3) is 11.8 Å². The Labute approximate surface area is 178 Å². The van der Waals surface area contributed by atoms with Crippen LogP contribution in [0.2, 0.25) is 5.02 Å². The summed E-state index contributed by atoms with van der Waals surface area (Å²) in [5, 5.41) is 6.28. The molecule has 7 heteroatoms. The molecule has 0 spiro atoms. The molecule has 1 aromatic heterocycles. The fourth-order valence-electron chi connectivity index (χ4n) is 3.37. The van der Waals surface area contributed by atoms with Gasteiger partial charge >= 0.3 is 0 Å². The van der Waals surface area contributed by atoms with Crippen LogP contribution in [-0.2, 0) is 0 Å². The molecular formula is C22H20ClN3O2S. The molecule has 0 saturated carbocycles. The van der Waals surface area contributed by atoms with Crippen molar-refractivity contribution in [2.24, 2.45) is 0 Å². The highest BCUT2D eigenvalue weighted by Gasteiger charge is 2.26. The molecule has 1 fully saturated rings. The first-order valence-corrected chi connectivity index (χ1v) is 10.7. The number of halogens is 1. The van der Waals surface area contributed by atoms with E-state index in [1.165, 1.54) is 11.3 Å². The maximum atomic E-state index is 12.8. The van der Waals surface area contributed by atoms with E-state index in [1.807, 2.05) is 47.4 Å². The third kappa shape index (κ3) is 4.66. The summed E-state index contributed by atoms with van der Waals surface area (Å²) in [6.07, 6.45) is 1.46. The van der Waals surface area contributed by atoms with Crippen molar-refractivity contribution in [3.05, 3.63) is 76.3 Å². The summed E-state index contributed by atoms with van der Waals surface area (Å²) in [5.41, 5.74) is 2.02. The normalized spacial score (nSPS) is 14.6. The van der Waals surface area contributed by atoms with Crippen molar-refractivity contribution in [1.82, 2.24) is 15.2 Å². The van der Waals surface area contributed by atoms with Crippen LogP contribution in [0.15, 0.2) is 60.0 Å². The minimum Gasteiger partial charge on any atom is -0.349 e. The first-order chi connectivity index (χ1) is 14.1. The van der Waals surface area contributed by atoms with Gasteiger partial charge in [0.05, 0.1) is 0 Å². The largest absolute Gasteiger partial charge is 0.349 e. The lowest BCUT2D eigenvalue weighted by molar-refractivity contribution is 0.0693. The van der Waals surface area contributed by atoms with Crippen LogP contribution < -0.4 is 5.32 Å². The van der Waals surface area contributed by atoms with Crippen molar-refractivity contribution < 1.29 is 9.59 Å². The lowest BCUT2D eigenvalue weighted by atomic mass is 10.0. The number of nitrogens with one attached hydrogen (secondary N) is 1. The van der Waals surface area contributed by atoms with E-state index in [-0.39, 0.29) is 17.9 Å². The molecule has 2 aromatic carbocycles. The van der Waals surface area contributed by atoms with Crippen molar-refractivity contribution in [2.45, 2.75) is 18.9 Å². The van der Waals surface area contributed by atoms with E-state index in [1.54, 1.807) is 17.5 Å². The number of benzene rings is 2. The number of piperidine rings is 1. The van der Waals surface area contributed by atoms with E-state index < -0.39 is 0 Å². The Morgan fingerprint density at radius 1 is 1.07 bits per heavy atom. The molecule has 0 unspecified atom stereocenters. The van der Waals surface area contributed by atoms with Gasteiger partial charge in [0.15, 0.2) is 0 Å². The van der Waals surface area contributed by atoms with Gasteiger partial charge in [-0.1, -0.05) is 41.9 Å². The summed E-state index contributed by atoms with van der Waals surface area (Å²) in [4.78, 5) is 31.4. The van der Waals surface area contributed by atoms with Crippen molar-refractivity contribution >= 4 is 34.8 Å². The lowest BCUT2D eigenvalue weighted by Gasteiger charge is -2.32. The molecule has 148 valence electrons. The maximum Gasteiger partial charge on any atom is 0.273 e. The van der Waals surface area contributed by atoms with E-state index in [2.05, 4.69) is 10.3 Å². The second-order valence-electron chi connectivity index (χ2n) is 6.95. The number of likely N-dealkylation sites (tertiary alicyclic amines) is 1. The van der Waals surface area contributed by atoms with Gasteiger partial charge in [-0.25, -0.2) is 4.98 Å². The molecule has 0 bridgehead atoms. The van der Waals surface area contributed by atoms with E-state index in [0.29, 0.717) is 29.4 Å². The van der Waals surface area contributed by atoms with Gasteiger partial charge in [-0.3, -0.25) is 9.59 Å². The zero-order valence-corrected chi connectivity index (χ0v) is 17.2. The van der Waals surface area contributed by atoms with Gasteiger partial charge in [-0.15, -0.1) is 11.3 Å². The number of hydrogen-bond acceptors (Lipinski definition) is 4. The SMILES string of the molecule is O=C(NC1CCN(C(=O)c2csc(-c3cccc(Cl)c3)n2)CC1)c1ccccc1. The van der Waals surface area contributed by atoms with Crippen LogP contribution in [0, 0.1) is 0 Å². The van der Waals surface area contributed by atoms with Crippen molar-refractivity contribution in [1.29, 1.82) is 0 Å². The van der Waals surface area contributed by atoms with Crippen molar-refractivity contribution in [3.8, 4) is 10.6 Å². The summed E-state index contributed by atoms with van der Waals surface area (Å²) in [6, 6.07) is 16.7. The Kier molecular flexibility index (Phi) is 5.92. The molecule has 0 radical (unpaired) electrons. The summed E-state index contributed by atoms with van der Waals surface area (Å²) in [6.45, 7) is 1.20. The van der Waals surface area contributed by atoms with E-state index in [9.17, 15) is 9.59 Å². The van der Waals surface area contributed by atoms with Crippen molar-refractivity contribution in [2.75, 3.05) is 13.1 Å². The number of aromatic nitrogens is 1. The second kappa shape index (κ2) is 8.76. The summed E-state index contributed by atoms with van der Waals surface area (Å²) >= 11 is 7.48. The Hall–Kier alpha value is -2.70. The third-order valence-electron chi connectivity index (χ3n) is 4.95. The zero-order valence-electron chi connectivity index (χ0n) is 15.7. The van der Waals surface area contributed by atoms with Gasteiger partial charge in [0, 0.05) is 40.7 Å². The number of nitrogens with zero attached hydrogens (tertiary/aromatic N) is 2. The average Bonchev–Trinajstić information content (AvgIpc) is 3.25. The molecule has 2 amide bonds. The molecule has 1 aliphatic heterocycles. The maximum absolute atomic E-state index is 12.8. The van der Waals surface area contributed by atoms with Crippen LogP contribution in [0.4, 0.5) is 0 Å². The molecule has 29 heavy (non-hydrogen) atoms. The van der Waals surface area contributed by atoms with E-state index in [4.69, 9.17) is 11.6 Å². The zero-order chi connectivity index (χ0) is 20.2. The topological polar surface area (TPSA) is 62.3 Å². The predicted octanol–water partition coefficient (Wildman–Crippen LogP) is 4.50. The van der Waals surface area contributed by atoms with Crippen LogP contribution in [0.1, 0.15) is 33.7 Å². The van der Waals surface area contributed by atoms with Crippen LogP contribution in [0.5, 0.6) is 0 Å².